The first-order valence-electron chi connectivity index (χ1n) is 4.50. The molecule has 70 valence electrons. The van der Waals surface area contributed by atoms with Crippen LogP contribution in [0.1, 0.15) is 25.7 Å². The summed E-state index contributed by atoms with van der Waals surface area (Å²) < 4.78 is 10.4. The SMILES string of the molecule is C1CO[C@H](OO[C@H]2CCCO2)C1. The van der Waals surface area contributed by atoms with Gasteiger partial charge in [0.1, 0.15) is 0 Å². The highest BCUT2D eigenvalue weighted by molar-refractivity contribution is 4.54. The van der Waals surface area contributed by atoms with Crippen LogP contribution in [0.2, 0.25) is 0 Å². The van der Waals surface area contributed by atoms with E-state index in [1.807, 2.05) is 0 Å². The quantitative estimate of drug-likeness (QED) is 0.476. The van der Waals surface area contributed by atoms with Gasteiger partial charge in [0.25, 0.3) is 0 Å². The molecule has 0 bridgehead atoms. The van der Waals surface area contributed by atoms with Crippen molar-refractivity contribution in [1.29, 1.82) is 0 Å². The van der Waals surface area contributed by atoms with E-state index in [1.165, 1.54) is 0 Å². The van der Waals surface area contributed by atoms with Gasteiger partial charge in [-0.15, -0.1) is 0 Å². The van der Waals surface area contributed by atoms with Gasteiger partial charge in [-0.05, 0) is 12.8 Å². The predicted molar refractivity (Wildman–Crippen MR) is 40.1 cm³/mol. The molecule has 2 fully saturated rings. The second-order valence-electron chi connectivity index (χ2n) is 3.08. The second kappa shape index (κ2) is 4.18. The molecule has 0 aliphatic carbocycles. The van der Waals surface area contributed by atoms with Crippen LogP contribution in [0.4, 0.5) is 0 Å². The number of rotatable bonds is 3. The Morgan fingerprint density at radius 3 is 1.67 bits per heavy atom. The molecular weight excluding hydrogens is 160 g/mol. The van der Waals surface area contributed by atoms with Gasteiger partial charge in [0, 0.05) is 12.8 Å². The summed E-state index contributed by atoms with van der Waals surface area (Å²) in [5, 5.41) is 0. The lowest BCUT2D eigenvalue weighted by atomic mass is 10.4. The van der Waals surface area contributed by atoms with Crippen LogP contribution >= 0.6 is 0 Å². The Balaban J connectivity index is 1.60. The van der Waals surface area contributed by atoms with E-state index in [4.69, 9.17) is 19.2 Å². The summed E-state index contributed by atoms with van der Waals surface area (Å²) in [5.41, 5.74) is 0. The average Bonchev–Trinajstić information content (AvgIpc) is 2.74. The Morgan fingerprint density at radius 1 is 0.833 bits per heavy atom. The van der Waals surface area contributed by atoms with Gasteiger partial charge in [0.15, 0.2) is 12.6 Å². The topological polar surface area (TPSA) is 36.9 Å². The largest absolute Gasteiger partial charge is 0.350 e. The Kier molecular flexibility index (Phi) is 2.94. The Morgan fingerprint density at radius 2 is 1.33 bits per heavy atom. The van der Waals surface area contributed by atoms with Gasteiger partial charge in [-0.25, -0.2) is 9.78 Å². The molecule has 0 N–H and O–H groups in total. The van der Waals surface area contributed by atoms with Crippen molar-refractivity contribution in [3.8, 4) is 0 Å². The third-order valence-corrected chi connectivity index (χ3v) is 2.05. The van der Waals surface area contributed by atoms with E-state index < -0.39 is 0 Å². The highest BCUT2D eigenvalue weighted by atomic mass is 17.2. The van der Waals surface area contributed by atoms with Crippen molar-refractivity contribution in [2.75, 3.05) is 13.2 Å². The van der Waals surface area contributed by atoms with Crippen molar-refractivity contribution in [2.24, 2.45) is 0 Å². The first-order chi connectivity index (χ1) is 5.95. The second-order valence-corrected chi connectivity index (χ2v) is 3.08. The summed E-state index contributed by atoms with van der Waals surface area (Å²) in [6, 6.07) is 0. The van der Waals surface area contributed by atoms with E-state index in [0.29, 0.717) is 0 Å². The van der Waals surface area contributed by atoms with Crippen LogP contribution in [0.3, 0.4) is 0 Å². The lowest BCUT2D eigenvalue weighted by molar-refractivity contribution is -0.422. The van der Waals surface area contributed by atoms with Crippen LogP contribution in [-0.2, 0) is 19.2 Å². The van der Waals surface area contributed by atoms with E-state index in [1.54, 1.807) is 0 Å². The molecule has 0 saturated carbocycles. The minimum Gasteiger partial charge on any atom is -0.350 e. The maximum atomic E-state index is 5.21. The molecule has 4 nitrogen and oxygen atoms in total. The molecular formula is C8H14O4. The molecule has 2 rings (SSSR count). The minimum atomic E-state index is -0.172. The summed E-state index contributed by atoms with van der Waals surface area (Å²) >= 11 is 0. The van der Waals surface area contributed by atoms with Crippen LogP contribution in [0, 0.1) is 0 Å². The summed E-state index contributed by atoms with van der Waals surface area (Å²) in [7, 11) is 0. The third kappa shape index (κ3) is 2.17. The fraction of sp³-hybridized carbons (Fsp3) is 1.00. The molecule has 0 spiro atoms. The first kappa shape index (κ1) is 8.44. The minimum absolute atomic E-state index is 0.172. The molecule has 12 heavy (non-hydrogen) atoms. The van der Waals surface area contributed by atoms with Gasteiger partial charge >= 0.3 is 0 Å². The standard InChI is InChI=1S/C8H14O4/c1-3-7(9-5-1)11-12-8-4-2-6-10-8/h7-8H,1-6H2/t7-,8+. The van der Waals surface area contributed by atoms with Gasteiger partial charge in [-0.3, -0.25) is 0 Å². The van der Waals surface area contributed by atoms with Crippen molar-refractivity contribution in [3.63, 3.8) is 0 Å². The Hall–Kier alpha value is -0.160. The molecule has 2 aliphatic rings. The number of ether oxygens (including phenoxy) is 2. The van der Waals surface area contributed by atoms with Crippen LogP contribution < -0.4 is 0 Å². The lowest BCUT2D eigenvalue weighted by Crippen LogP contribution is -2.17. The zero-order valence-corrected chi connectivity index (χ0v) is 7.03. The van der Waals surface area contributed by atoms with Gasteiger partial charge < -0.3 is 9.47 Å². The molecule has 2 heterocycles. The molecule has 2 atom stereocenters. The van der Waals surface area contributed by atoms with E-state index in [-0.39, 0.29) is 12.6 Å². The Labute approximate surface area is 71.7 Å². The van der Waals surface area contributed by atoms with Gasteiger partial charge in [0.2, 0.25) is 0 Å². The van der Waals surface area contributed by atoms with E-state index >= 15 is 0 Å². The van der Waals surface area contributed by atoms with Crippen LogP contribution in [-0.4, -0.2) is 25.8 Å². The summed E-state index contributed by atoms with van der Waals surface area (Å²) in [6.45, 7) is 1.55. The van der Waals surface area contributed by atoms with Crippen molar-refractivity contribution in [3.05, 3.63) is 0 Å². The lowest BCUT2D eigenvalue weighted by Gasteiger charge is -2.13. The van der Waals surface area contributed by atoms with Crippen molar-refractivity contribution >= 4 is 0 Å². The zero-order chi connectivity index (χ0) is 8.23. The molecule has 0 aromatic carbocycles. The maximum Gasteiger partial charge on any atom is 0.191 e. The van der Waals surface area contributed by atoms with Gasteiger partial charge in [-0.2, -0.15) is 0 Å². The highest BCUT2D eigenvalue weighted by Gasteiger charge is 2.22. The molecule has 2 aliphatic heterocycles. The smallest absolute Gasteiger partial charge is 0.191 e. The number of hydrogen-bond acceptors (Lipinski definition) is 4. The molecule has 0 aromatic heterocycles. The van der Waals surface area contributed by atoms with E-state index in [0.717, 1.165) is 38.9 Å². The maximum absolute atomic E-state index is 5.21. The fourth-order valence-electron chi connectivity index (χ4n) is 1.37. The first-order valence-corrected chi connectivity index (χ1v) is 4.50. The average molecular weight is 174 g/mol. The summed E-state index contributed by atoms with van der Waals surface area (Å²) in [6.07, 6.45) is 3.61. The molecule has 0 radical (unpaired) electrons. The Bertz CT molecular complexity index is 111. The molecule has 0 amide bonds. The zero-order valence-electron chi connectivity index (χ0n) is 7.03. The van der Waals surface area contributed by atoms with Crippen molar-refractivity contribution < 1.29 is 19.2 Å². The van der Waals surface area contributed by atoms with Crippen molar-refractivity contribution in [1.82, 2.24) is 0 Å². The molecule has 4 heteroatoms. The van der Waals surface area contributed by atoms with E-state index in [2.05, 4.69) is 0 Å². The highest BCUT2D eigenvalue weighted by Crippen LogP contribution is 2.18. The summed E-state index contributed by atoms with van der Waals surface area (Å²) in [5.74, 6) is 0. The van der Waals surface area contributed by atoms with Crippen LogP contribution in [0.15, 0.2) is 0 Å². The normalized spacial score (nSPS) is 36.0. The van der Waals surface area contributed by atoms with Gasteiger partial charge in [0.05, 0.1) is 13.2 Å². The fourth-order valence-corrected chi connectivity index (χ4v) is 1.37. The van der Waals surface area contributed by atoms with Crippen LogP contribution in [0.25, 0.3) is 0 Å². The monoisotopic (exact) mass is 174 g/mol. The van der Waals surface area contributed by atoms with Crippen LogP contribution in [0.5, 0.6) is 0 Å². The molecule has 2 saturated heterocycles. The van der Waals surface area contributed by atoms with E-state index in [9.17, 15) is 0 Å². The van der Waals surface area contributed by atoms with Crippen molar-refractivity contribution in [2.45, 2.75) is 38.3 Å². The predicted octanol–water partition coefficient (Wildman–Crippen LogP) is 1.21. The summed E-state index contributed by atoms with van der Waals surface area (Å²) in [4.78, 5) is 10.1. The number of hydrogen-bond donors (Lipinski definition) is 0. The third-order valence-electron chi connectivity index (χ3n) is 2.05. The molecule has 0 aromatic rings. The van der Waals surface area contributed by atoms with Gasteiger partial charge in [-0.1, -0.05) is 0 Å². The molecule has 0 unspecified atom stereocenters.